The molecule has 1 aromatic rings. The van der Waals surface area contributed by atoms with E-state index in [1.54, 1.807) is 0 Å². The first kappa shape index (κ1) is 15.6. The van der Waals surface area contributed by atoms with E-state index in [1.807, 2.05) is 0 Å². The summed E-state index contributed by atoms with van der Waals surface area (Å²) >= 11 is 0. The summed E-state index contributed by atoms with van der Waals surface area (Å²) in [6.45, 7) is 15.0. The van der Waals surface area contributed by atoms with Gasteiger partial charge in [0.05, 0.1) is 0 Å². The molecule has 0 bridgehead atoms. The van der Waals surface area contributed by atoms with Gasteiger partial charge < -0.3 is 5.32 Å². The number of rotatable bonds is 5. The van der Waals surface area contributed by atoms with Gasteiger partial charge in [-0.1, -0.05) is 58.9 Å². The van der Waals surface area contributed by atoms with Crippen molar-refractivity contribution in [3.8, 4) is 0 Å². The van der Waals surface area contributed by atoms with Crippen LogP contribution in [0.5, 0.6) is 0 Å². The molecular formula is C19H31N. The molecule has 20 heavy (non-hydrogen) atoms. The molecule has 1 fully saturated rings. The highest BCUT2D eigenvalue weighted by atomic mass is 14.9. The van der Waals surface area contributed by atoms with Gasteiger partial charge in [-0.3, -0.25) is 0 Å². The van der Waals surface area contributed by atoms with Gasteiger partial charge in [0.25, 0.3) is 0 Å². The van der Waals surface area contributed by atoms with Gasteiger partial charge in [-0.25, -0.2) is 0 Å². The Morgan fingerprint density at radius 2 is 1.60 bits per heavy atom. The SMILES string of the molecule is CC(NCC1(C(C)C)CC1)c1ccc(C(C)(C)C)cc1. The first-order valence-electron chi connectivity index (χ1n) is 8.08. The third kappa shape index (κ3) is 3.44. The zero-order valence-electron chi connectivity index (χ0n) is 14.1. The van der Waals surface area contributed by atoms with Crippen LogP contribution in [0, 0.1) is 11.3 Å². The minimum Gasteiger partial charge on any atom is -0.310 e. The van der Waals surface area contributed by atoms with Crippen LogP contribution < -0.4 is 5.32 Å². The molecule has 0 spiro atoms. The third-order valence-corrected chi connectivity index (χ3v) is 5.15. The minimum absolute atomic E-state index is 0.241. The van der Waals surface area contributed by atoms with Crippen molar-refractivity contribution in [2.75, 3.05) is 6.54 Å². The summed E-state index contributed by atoms with van der Waals surface area (Å²) in [5.74, 6) is 0.797. The Morgan fingerprint density at radius 3 is 2.00 bits per heavy atom. The molecule has 0 radical (unpaired) electrons. The molecule has 1 aliphatic carbocycles. The lowest BCUT2D eigenvalue weighted by Gasteiger charge is -2.24. The Balaban J connectivity index is 1.94. The largest absolute Gasteiger partial charge is 0.310 e. The molecule has 0 aliphatic heterocycles. The molecule has 1 saturated carbocycles. The van der Waals surface area contributed by atoms with Crippen LogP contribution >= 0.6 is 0 Å². The molecule has 1 heteroatoms. The van der Waals surface area contributed by atoms with Crippen LogP contribution in [0.3, 0.4) is 0 Å². The molecule has 112 valence electrons. The molecule has 1 nitrogen and oxygen atoms in total. The molecule has 1 aromatic carbocycles. The standard InChI is InChI=1S/C19H31N/c1-14(2)19(11-12-19)13-20-15(3)16-7-9-17(10-8-16)18(4,5)6/h7-10,14-15,20H,11-13H2,1-6H3. The average molecular weight is 273 g/mol. The van der Waals surface area contributed by atoms with Crippen molar-refractivity contribution in [1.29, 1.82) is 0 Å². The van der Waals surface area contributed by atoms with E-state index >= 15 is 0 Å². The maximum atomic E-state index is 3.74. The smallest absolute Gasteiger partial charge is 0.0292 e. The topological polar surface area (TPSA) is 12.0 Å². The summed E-state index contributed by atoms with van der Waals surface area (Å²) in [6, 6.07) is 9.58. The Labute approximate surface area is 125 Å². The third-order valence-electron chi connectivity index (χ3n) is 5.15. The average Bonchev–Trinajstić information content (AvgIpc) is 3.16. The molecule has 0 aromatic heterocycles. The normalized spacial score (nSPS) is 19.1. The van der Waals surface area contributed by atoms with Gasteiger partial charge >= 0.3 is 0 Å². The lowest BCUT2D eigenvalue weighted by atomic mass is 9.86. The Hall–Kier alpha value is -0.820. The maximum absolute atomic E-state index is 3.74. The van der Waals surface area contributed by atoms with Crippen LogP contribution in [0.2, 0.25) is 0 Å². The fraction of sp³-hybridized carbons (Fsp3) is 0.684. The van der Waals surface area contributed by atoms with Gasteiger partial charge in [0, 0.05) is 12.6 Å². The highest BCUT2D eigenvalue weighted by Gasteiger charge is 2.44. The van der Waals surface area contributed by atoms with E-state index in [4.69, 9.17) is 0 Å². The zero-order valence-corrected chi connectivity index (χ0v) is 14.1. The van der Waals surface area contributed by atoms with Crippen molar-refractivity contribution in [1.82, 2.24) is 5.32 Å². The van der Waals surface area contributed by atoms with Crippen molar-refractivity contribution in [2.24, 2.45) is 11.3 Å². The summed E-state index contributed by atoms with van der Waals surface area (Å²) in [6.07, 6.45) is 2.79. The van der Waals surface area contributed by atoms with E-state index < -0.39 is 0 Å². The maximum Gasteiger partial charge on any atom is 0.0292 e. The van der Waals surface area contributed by atoms with Crippen molar-refractivity contribution in [2.45, 2.75) is 65.8 Å². The number of hydrogen-bond acceptors (Lipinski definition) is 1. The monoisotopic (exact) mass is 273 g/mol. The molecule has 1 unspecified atom stereocenters. The van der Waals surface area contributed by atoms with E-state index in [0.717, 1.165) is 12.5 Å². The minimum atomic E-state index is 0.241. The second kappa shape index (κ2) is 5.52. The first-order chi connectivity index (χ1) is 9.24. The number of benzene rings is 1. The Kier molecular flexibility index (Phi) is 4.30. The van der Waals surface area contributed by atoms with Gasteiger partial charge in [0.15, 0.2) is 0 Å². The molecule has 1 atom stereocenters. The van der Waals surface area contributed by atoms with Crippen molar-refractivity contribution < 1.29 is 0 Å². The van der Waals surface area contributed by atoms with E-state index in [2.05, 4.69) is 71.1 Å². The fourth-order valence-corrected chi connectivity index (χ4v) is 2.86. The lowest BCUT2D eigenvalue weighted by molar-refractivity contribution is 0.325. The van der Waals surface area contributed by atoms with Crippen molar-refractivity contribution in [3.63, 3.8) is 0 Å². The molecular weight excluding hydrogens is 242 g/mol. The molecule has 2 rings (SSSR count). The summed E-state index contributed by atoms with van der Waals surface area (Å²) < 4.78 is 0. The van der Waals surface area contributed by atoms with Crippen LogP contribution in [0.1, 0.15) is 71.6 Å². The van der Waals surface area contributed by atoms with E-state index in [0.29, 0.717) is 11.5 Å². The van der Waals surface area contributed by atoms with E-state index in [1.165, 1.54) is 24.0 Å². The summed E-state index contributed by atoms with van der Waals surface area (Å²) in [7, 11) is 0. The predicted molar refractivity (Wildman–Crippen MR) is 88.1 cm³/mol. The van der Waals surface area contributed by atoms with Gasteiger partial charge in [-0.2, -0.15) is 0 Å². The fourth-order valence-electron chi connectivity index (χ4n) is 2.86. The number of nitrogens with one attached hydrogen (secondary N) is 1. The van der Waals surface area contributed by atoms with Crippen LogP contribution in [0.15, 0.2) is 24.3 Å². The van der Waals surface area contributed by atoms with Gasteiger partial charge in [-0.15, -0.1) is 0 Å². The molecule has 1 aliphatic rings. The molecule has 1 N–H and O–H groups in total. The first-order valence-corrected chi connectivity index (χ1v) is 8.08. The summed E-state index contributed by atoms with van der Waals surface area (Å²) in [4.78, 5) is 0. The number of hydrogen-bond donors (Lipinski definition) is 1. The van der Waals surface area contributed by atoms with Crippen LogP contribution in [0.4, 0.5) is 0 Å². The summed E-state index contributed by atoms with van der Waals surface area (Å²) in [5.41, 5.74) is 3.64. The molecule has 0 amide bonds. The van der Waals surface area contributed by atoms with Crippen LogP contribution in [-0.2, 0) is 5.41 Å². The summed E-state index contributed by atoms with van der Waals surface area (Å²) in [5, 5.41) is 3.74. The quantitative estimate of drug-likeness (QED) is 0.789. The molecule has 0 saturated heterocycles. The Bertz CT molecular complexity index is 432. The van der Waals surface area contributed by atoms with Crippen molar-refractivity contribution >= 4 is 0 Å². The highest BCUT2D eigenvalue weighted by molar-refractivity contribution is 5.29. The molecule has 0 heterocycles. The highest BCUT2D eigenvalue weighted by Crippen LogP contribution is 2.51. The van der Waals surface area contributed by atoms with Crippen LogP contribution in [-0.4, -0.2) is 6.54 Å². The second-order valence-corrected chi connectivity index (χ2v) is 7.99. The van der Waals surface area contributed by atoms with Gasteiger partial charge in [0.1, 0.15) is 0 Å². The van der Waals surface area contributed by atoms with Crippen molar-refractivity contribution in [3.05, 3.63) is 35.4 Å². The Morgan fingerprint density at radius 1 is 1.05 bits per heavy atom. The van der Waals surface area contributed by atoms with Gasteiger partial charge in [-0.05, 0) is 47.6 Å². The predicted octanol–water partition coefficient (Wildman–Crippen LogP) is 5.07. The van der Waals surface area contributed by atoms with E-state index in [9.17, 15) is 0 Å². The lowest BCUT2D eigenvalue weighted by Crippen LogP contribution is -2.29. The second-order valence-electron chi connectivity index (χ2n) is 7.99. The van der Waals surface area contributed by atoms with E-state index in [-0.39, 0.29) is 5.41 Å². The van der Waals surface area contributed by atoms with Crippen LogP contribution in [0.25, 0.3) is 0 Å². The van der Waals surface area contributed by atoms with Gasteiger partial charge in [0.2, 0.25) is 0 Å². The zero-order chi connectivity index (χ0) is 15.0.